The number of methoxy groups -OCH3 is 2. The Bertz CT molecular complexity index is 1090. The van der Waals surface area contributed by atoms with Gasteiger partial charge in [-0.25, -0.2) is 0 Å². The summed E-state index contributed by atoms with van der Waals surface area (Å²) in [5, 5.41) is 0. The molecule has 6 heteroatoms. The lowest BCUT2D eigenvalue weighted by Gasteiger charge is -2.43. The van der Waals surface area contributed by atoms with Crippen LogP contribution >= 0.6 is 0 Å². The number of rotatable bonds is 5. The van der Waals surface area contributed by atoms with Crippen LogP contribution < -0.4 is 23.7 Å². The number of fused-ring (bicyclic) bond motifs is 6. The first kappa shape index (κ1) is 20.8. The van der Waals surface area contributed by atoms with Crippen LogP contribution in [0.2, 0.25) is 0 Å². The number of ether oxygens (including phenoxy) is 6. The first-order chi connectivity index (χ1) is 15.5. The van der Waals surface area contributed by atoms with Crippen LogP contribution in [0.1, 0.15) is 42.6 Å². The lowest BCUT2D eigenvalue weighted by atomic mass is 9.79. The minimum atomic E-state index is -0.361. The van der Waals surface area contributed by atoms with Crippen molar-refractivity contribution in [2.75, 3.05) is 27.4 Å². The number of benzene rings is 2. The van der Waals surface area contributed by atoms with E-state index >= 15 is 0 Å². The molecule has 0 radical (unpaired) electrons. The van der Waals surface area contributed by atoms with Crippen molar-refractivity contribution < 1.29 is 28.4 Å². The first-order valence-electron chi connectivity index (χ1n) is 10.8. The molecule has 0 saturated carbocycles. The van der Waals surface area contributed by atoms with Crippen molar-refractivity contribution in [3.8, 4) is 28.7 Å². The Balaban J connectivity index is 1.64. The van der Waals surface area contributed by atoms with Gasteiger partial charge in [0, 0.05) is 17.2 Å². The molecule has 0 aromatic heterocycles. The molecule has 2 aromatic carbocycles. The van der Waals surface area contributed by atoms with Crippen molar-refractivity contribution in [2.24, 2.45) is 0 Å². The van der Waals surface area contributed by atoms with Crippen LogP contribution in [0.4, 0.5) is 0 Å². The Morgan fingerprint density at radius 1 is 1.09 bits per heavy atom. The molecule has 0 amide bonds. The lowest BCUT2D eigenvalue weighted by molar-refractivity contribution is -0.0318. The quantitative estimate of drug-likeness (QED) is 0.610. The third-order valence-electron chi connectivity index (χ3n) is 6.19. The summed E-state index contributed by atoms with van der Waals surface area (Å²) < 4.78 is 36.2. The predicted molar refractivity (Wildman–Crippen MR) is 121 cm³/mol. The average molecular weight is 437 g/mol. The van der Waals surface area contributed by atoms with Crippen molar-refractivity contribution in [3.63, 3.8) is 0 Å². The molecule has 0 saturated heterocycles. The Labute approximate surface area is 188 Å². The molecule has 2 aromatic rings. The molecule has 0 unspecified atom stereocenters. The second-order valence-corrected chi connectivity index (χ2v) is 8.72. The highest BCUT2D eigenvalue weighted by atomic mass is 16.6. The van der Waals surface area contributed by atoms with E-state index in [4.69, 9.17) is 28.4 Å². The summed E-state index contributed by atoms with van der Waals surface area (Å²) in [7, 11) is 3.25. The van der Waals surface area contributed by atoms with Crippen molar-refractivity contribution in [1.29, 1.82) is 0 Å². The summed E-state index contributed by atoms with van der Waals surface area (Å²) in [6.07, 6.45) is 5.43. The summed E-state index contributed by atoms with van der Waals surface area (Å²) in [4.78, 5) is 0. The van der Waals surface area contributed by atoms with Crippen LogP contribution in [0.5, 0.6) is 28.7 Å². The fourth-order valence-corrected chi connectivity index (χ4v) is 4.71. The zero-order chi connectivity index (χ0) is 22.5. The van der Waals surface area contributed by atoms with Gasteiger partial charge in [0.25, 0.3) is 0 Å². The van der Waals surface area contributed by atoms with Crippen LogP contribution in [0.15, 0.2) is 43.0 Å². The van der Waals surface area contributed by atoms with Crippen LogP contribution in [-0.2, 0) is 4.74 Å². The van der Waals surface area contributed by atoms with Crippen LogP contribution in [-0.4, -0.2) is 39.1 Å². The van der Waals surface area contributed by atoms with E-state index in [1.165, 1.54) is 0 Å². The largest absolute Gasteiger partial charge is 0.493 e. The summed E-state index contributed by atoms with van der Waals surface area (Å²) in [6.45, 7) is 8.73. The molecular weight excluding hydrogens is 408 g/mol. The third-order valence-corrected chi connectivity index (χ3v) is 6.19. The van der Waals surface area contributed by atoms with Gasteiger partial charge in [0.2, 0.25) is 0 Å². The van der Waals surface area contributed by atoms with E-state index in [1.54, 1.807) is 20.3 Å². The van der Waals surface area contributed by atoms with E-state index in [0.29, 0.717) is 24.7 Å². The molecule has 32 heavy (non-hydrogen) atoms. The van der Waals surface area contributed by atoms with Crippen LogP contribution in [0, 0.1) is 0 Å². The van der Waals surface area contributed by atoms with E-state index in [0.717, 1.165) is 33.9 Å². The number of hydrogen-bond donors (Lipinski definition) is 0. The van der Waals surface area contributed by atoms with Crippen molar-refractivity contribution in [2.45, 2.75) is 37.6 Å². The highest BCUT2D eigenvalue weighted by molar-refractivity contribution is 5.70. The maximum Gasteiger partial charge on any atom is 0.164 e. The van der Waals surface area contributed by atoms with Crippen LogP contribution in [0.25, 0.3) is 6.08 Å². The molecule has 5 rings (SSSR count). The van der Waals surface area contributed by atoms with Gasteiger partial charge in [-0.3, -0.25) is 0 Å². The zero-order valence-electron chi connectivity index (χ0n) is 18.8. The zero-order valence-corrected chi connectivity index (χ0v) is 18.8. The van der Waals surface area contributed by atoms with Crippen LogP contribution in [0.3, 0.4) is 0 Å². The van der Waals surface area contributed by atoms with Crippen molar-refractivity contribution >= 4 is 6.08 Å². The van der Waals surface area contributed by atoms with Gasteiger partial charge >= 0.3 is 0 Å². The summed E-state index contributed by atoms with van der Waals surface area (Å²) in [6, 6.07) is 7.88. The van der Waals surface area contributed by atoms with Gasteiger partial charge in [0.05, 0.1) is 38.4 Å². The van der Waals surface area contributed by atoms with Gasteiger partial charge in [-0.05, 0) is 44.2 Å². The van der Waals surface area contributed by atoms with E-state index in [9.17, 15) is 0 Å². The van der Waals surface area contributed by atoms with Gasteiger partial charge < -0.3 is 28.4 Å². The smallest absolute Gasteiger partial charge is 0.164 e. The maximum absolute atomic E-state index is 6.57. The Hall–Kier alpha value is -3.12. The van der Waals surface area contributed by atoms with Gasteiger partial charge in [-0.2, -0.15) is 0 Å². The fraction of sp³-hybridized carbons (Fsp3) is 0.385. The monoisotopic (exact) mass is 436 g/mol. The minimum absolute atomic E-state index is 0.0750. The molecule has 0 N–H and O–H groups in total. The molecule has 3 atom stereocenters. The van der Waals surface area contributed by atoms with E-state index < -0.39 is 0 Å². The fourth-order valence-electron chi connectivity index (χ4n) is 4.71. The Morgan fingerprint density at radius 2 is 1.88 bits per heavy atom. The molecule has 0 fully saturated rings. The predicted octanol–water partition coefficient (Wildman–Crippen LogP) is 5.07. The summed E-state index contributed by atoms with van der Waals surface area (Å²) in [5.41, 5.74) is 2.54. The highest BCUT2D eigenvalue weighted by Crippen LogP contribution is 2.54. The number of hydrogen-bond acceptors (Lipinski definition) is 6. The van der Waals surface area contributed by atoms with Crippen molar-refractivity contribution in [3.05, 3.63) is 59.7 Å². The molecule has 168 valence electrons. The molecule has 0 spiro atoms. The lowest BCUT2D eigenvalue weighted by Crippen LogP contribution is -2.43. The minimum Gasteiger partial charge on any atom is -0.493 e. The normalized spacial score (nSPS) is 23.8. The molecule has 0 aliphatic carbocycles. The molecular formula is C26H28O6. The second-order valence-electron chi connectivity index (χ2n) is 8.72. The SMILES string of the molecule is C=CCO[C@@H]1c2ccc3c(c2O[C@@H]2COc4cc(OC)c(OC)cc4[C@H]12)C=CC(C)(C)O3. The first-order valence-corrected chi connectivity index (χ1v) is 10.8. The average Bonchev–Trinajstić information content (AvgIpc) is 2.79. The molecule has 3 aliphatic heterocycles. The highest BCUT2D eigenvalue weighted by Gasteiger charge is 2.46. The standard InChI is InChI=1S/C26H28O6/c1-6-11-29-25-16-7-8-18-15(9-10-26(2,3)32-18)24(16)31-22-14-30-19-13-21(28-5)20(27-4)12-17(19)23(22)25/h6-10,12-13,22-23,25H,1,11,14H2,2-5H3/t22-,23+,25-/m1/s1. The van der Waals surface area contributed by atoms with Gasteiger partial charge in [-0.15, -0.1) is 6.58 Å². The van der Waals surface area contributed by atoms with Crippen molar-refractivity contribution in [1.82, 2.24) is 0 Å². The Kier molecular flexibility index (Phi) is 5.05. The summed E-state index contributed by atoms with van der Waals surface area (Å²) >= 11 is 0. The topological polar surface area (TPSA) is 55.4 Å². The molecule has 3 aliphatic rings. The van der Waals surface area contributed by atoms with Gasteiger partial charge in [-0.1, -0.05) is 6.08 Å². The van der Waals surface area contributed by atoms with E-state index in [1.807, 2.05) is 38.1 Å². The van der Waals surface area contributed by atoms with E-state index in [-0.39, 0.29) is 23.7 Å². The molecule has 3 heterocycles. The Morgan fingerprint density at radius 3 is 2.62 bits per heavy atom. The maximum atomic E-state index is 6.57. The van der Waals surface area contributed by atoms with Gasteiger partial charge in [0.15, 0.2) is 11.5 Å². The summed E-state index contributed by atoms with van der Waals surface area (Å²) in [5.74, 6) is 3.55. The van der Waals surface area contributed by atoms with E-state index in [2.05, 4.69) is 18.7 Å². The van der Waals surface area contributed by atoms with Gasteiger partial charge in [0.1, 0.15) is 35.6 Å². The second kappa shape index (κ2) is 7.78. The molecule has 0 bridgehead atoms. The third kappa shape index (κ3) is 3.30. The molecule has 6 nitrogen and oxygen atoms in total.